The highest BCUT2D eigenvalue weighted by Crippen LogP contribution is 2.32. The van der Waals surface area contributed by atoms with Crippen LogP contribution >= 0.6 is 0 Å². The van der Waals surface area contributed by atoms with E-state index in [2.05, 4.69) is 31.7 Å². The summed E-state index contributed by atoms with van der Waals surface area (Å²) >= 11 is 0. The van der Waals surface area contributed by atoms with E-state index >= 15 is 0 Å². The van der Waals surface area contributed by atoms with Gasteiger partial charge >= 0.3 is 0 Å². The zero-order valence-electron chi connectivity index (χ0n) is 14.6. The van der Waals surface area contributed by atoms with E-state index in [9.17, 15) is 0 Å². The Morgan fingerprint density at radius 1 is 1.14 bits per heavy atom. The van der Waals surface area contributed by atoms with Gasteiger partial charge < -0.3 is 15.2 Å². The molecule has 0 spiro atoms. The van der Waals surface area contributed by atoms with Crippen LogP contribution in [0, 0.1) is 0 Å². The Kier molecular flexibility index (Phi) is 8.94. The number of nitrogens with zero attached hydrogens (tertiary/aromatic N) is 1. The van der Waals surface area contributed by atoms with Crippen LogP contribution in [-0.2, 0) is 0 Å². The molecule has 1 atom stereocenters. The van der Waals surface area contributed by atoms with Gasteiger partial charge in [-0.15, -0.1) is 0 Å². The number of ether oxygens (including phenoxy) is 2. The van der Waals surface area contributed by atoms with Gasteiger partial charge in [0.2, 0.25) is 0 Å². The third-order valence-corrected chi connectivity index (χ3v) is 4.06. The zero-order chi connectivity index (χ0) is 16.4. The average molecular weight is 308 g/mol. The molecule has 0 saturated heterocycles. The summed E-state index contributed by atoms with van der Waals surface area (Å²) in [5.74, 6) is 1.72. The second-order valence-corrected chi connectivity index (χ2v) is 5.43. The summed E-state index contributed by atoms with van der Waals surface area (Å²) in [6, 6.07) is 6.24. The zero-order valence-corrected chi connectivity index (χ0v) is 14.6. The van der Waals surface area contributed by atoms with Crippen LogP contribution in [0.4, 0.5) is 0 Å². The first kappa shape index (κ1) is 18.8. The summed E-state index contributed by atoms with van der Waals surface area (Å²) in [6.07, 6.45) is 3.46. The first-order valence-electron chi connectivity index (χ1n) is 8.46. The van der Waals surface area contributed by atoms with Crippen molar-refractivity contribution >= 4 is 0 Å². The molecule has 1 rings (SSSR count). The van der Waals surface area contributed by atoms with E-state index in [0.29, 0.717) is 6.54 Å². The molecule has 2 N–H and O–H groups in total. The Morgan fingerprint density at radius 2 is 1.86 bits per heavy atom. The van der Waals surface area contributed by atoms with Crippen LogP contribution in [0.15, 0.2) is 18.2 Å². The number of rotatable bonds is 11. The average Bonchev–Trinajstić information content (AvgIpc) is 2.56. The van der Waals surface area contributed by atoms with Crippen LogP contribution < -0.4 is 15.2 Å². The maximum absolute atomic E-state index is 6.04. The standard InChI is InChI=1S/C18H32N2O2/c1-5-8-9-12-22-18-13-15(21-4)10-11-16(18)17(14-19)20(6-2)7-3/h10-11,13,17H,5-9,12,14,19H2,1-4H3. The minimum Gasteiger partial charge on any atom is -0.497 e. The Bertz CT molecular complexity index is 420. The fourth-order valence-corrected chi connectivity index (χ4v) is 2.71. The topological polar surface area (TPSA) is 47.7 Å². The van der Waals surface area contributed by atoms with Crippen LogP contribution in [0.25, 0.3) is 0 Å². The van der Waals surface area contributed by atoms with Gasteiger partial charge in [-0.25, -0.2) is 0 Å². The number of benzene rings is 1. The highest BCUT2D eigenvalue weighted by atomic mass is 16.5. The van der Waals surface area contributed by atoms with E-state index in [-0.39, 0.29) is 6.04 Å². The van der Waals surface area contributed by atoms with Crippen molar-refractivity contribution in [3.05, 3.63) is 23.8 Å². The highest BCUT2D eigenvalue weighted by Gasteiger charge is 2.20. The Balaban J connectivity index is 2.99. The van der Waals surface area contributed by atoms with Crippen molar-refractivity contribution < 1.29 is 9.47 Å². The predicted molar refractivity (Wildman–Crippen MR) is 92.7 cm³/mol. The molecule has 0 aliphatic carbocycles. The van der Waals surface area contributed by atoms with Crippen molar-refractivity contribution in [1.82, 2.24) is 4.90 Å². The number of nitrogens with two attached hydrogens (primary N) is 1. The monoisotopic (exact) mass is 308 g/mol. The Hall–Kier alpha value is -1.26. The van der Waals surface area contributed by atoms with Crippen LogP contribution in [0.1, 0.15) is 51.6 Å². The van der Waals surface area contributed by atoms with Gasteiger partial charge in [-0.05, 0) is 25.6 Å². The molecule has 0 saturated carbocycles. The van der Waals surface area contributed by atoms with E-state index in [1.54, 1.807) is 7.11 Å². The number of hydrogen-bond donors (Lipinski definition) is 1. The lowest BCUT2D eigenvalue weighted by molar-refractivity contribution is 0.214. The van der Waals surface area contributed by atoms with E-state index in [0.717, 1.165) is 43.2 Å². The van der Waals surface area contributed by atoms with Gasteiger partial charge in [-0.3, -0.25) is 4.90 Å². The third kappa shape index (κ3) is 5.18. The van der Waals surface area contributed by atoms with Crippen molar-refractivity contribution in [1.29, 1.82) is 0 Å². The molecule has 1 unspecified atom stereocenters. The number of methoxy groups -OCH3 is 1. The molecule has 0 radical (unpaired) electrons. The second kappa shape index (κ2) is 10.5. The van der Waals surface area contributed by atoms with Crippen LogP contribution in [0.5, 0.6) is 11.5 Å². The number of likely N-dealkylation sites (N-methyl/N-ethyl adjacent to an activating group) is 1. The lowest BCUT2D eigenvalue weighted by atomic mass is 10.0. The van der Waals surface area contributed by atoms with Gasteiger partial charge in [0.15, 0.2) is 0 Å². The summed E-state index contributed by atoms with van der Waals surface area (Å²) < 4.78 is 11.4. The molecule has 0 aromatic heterocycles. The minimum absolute atomic E-state index is 0.182. The van der Waals surface area contributed by atoms with E-state index in [1.165, 1.54) is 12.8 Å². The summed E-state index contributed by atoms with van der Waals surface area (Å²) in [6.45, 7) is 9.79. The van der Waals surface area contributed by atoms with Gasteiger partial charge in [-0.1, -0.05) is 39.7 Å². The second-order valence-electron chi connectivity index (χ2n) is 5.43. The Morgan fingerprint density at radius 3 is 2.41 bits per heavy atom. The minimum atomic E-state index is 0.182. The summed E-state index contributed by atoms with van der Waals surface area (Å²) in [5.41, 5.74) is 7.20. The van der Waals surface area contributed by atoms with Crippen molar-refractivity contribution in [2.24, 2.45) is 5.73 Å². The normalized spacial score (nSPS) is 12.5. The maximum atomic E-state index is 6.04. The van der Waals surface area contributed by atoms with Gasteiger partial charge in [0.1, 0.15) is 11.5 Å². The van der Waals surface area contributed by atoms with Crippen molar-refractivity contribution in [3.8, 4) is 11.5 Å². The molecule has 1 aromatic rings. The molecular formula is C18H32N2O2. The molecule has 126 valence electrons. The van der Waals surface area contributed by atoms with Gasteiger partial charge in [0.05, 0.1) is 19.8 Å². The molecule has 4 heteroatoms. The van der Waals surface area contributed by atoms with E-state index in [1.807, 2.05) is 12.1 Å². The molecule has 22 heavy (non-hydrogen) atoms. The molecule has 0 bridgehead atoms. The molecule has 0 amide bonds. The lowest BCUT2D eigenvalue weighted by Gasteiger charge is -2.30. The molecule has 4 nitrogen and oxygen atoms in total. The SMILES string of the molecule is CCCCCOc1cc(OC)ccc1C(CN)N(CC)CC. The first-order valence-corrected chi connectivity index (χ1v) is 8.46. The molecule has 0 heterocycles. The first-order chi connectivity index (χ1) is 10.7. The smallest absolute Gasteiger partial charge is 0.127 e. The number of hydrogen-bond acceptors (Lipinski definition) is 4. The van der Waals surface area contributed by atoms with Crippen LogP contribution in [-0.4, -0.2) is 38.3 Å². The third-order valence-electron chi connectivity index (χ3n) is 4.06. The fourth-order valence-electron chi connectivity index (χ4n) is 2.71. The molecular weight excluding hydrogens is 276 g/mol. The van der Waals surface area contributed by atoms with Gasteiger partial charge in [0.25, 0.3) is 0 Å². The van der Waals surface area contributed by atoms with Crippen molar-refractivity contribution in [2.45, 2.75) is 46.1 Å². The molecule has 1 aromatic carbocycles. The maximum Gasteiger partial charge on any atom is 0.127 e. The predicted octanol–water partition coefficient (Wildman–Crippen LogP) is 3.61. The van der Waals surface area contributed by atoms with Gasteiger partial charge in [0, 0.05) is 18.2 Å². The Labute approximate surface area is 135 Å². The summed E-state index contributed by atoms with van der Waals surface area (Å²) in [7, 11) is 1.68. The fraction of sp³-hybridized carbons (Fsp3) is 0.667. The van der Waals surface area contributed by atoms with Crippen LogP contribution in [0.3, 0.4) is 0 Å². The summed E-state index contributed by atoms with van der Waals surface area (Å²) in [4.78, 5) is 2.36. The largest absolute Gasteiger partial charge is 0.497 e. The number of unbranched alkanes of at least 4 members (excludes halogenated alkanes) is 2. The highest BCUT2D eigenvalue weighted by molar-refractivity contribution is 5.42. The summed E-state index contributed by atoms with van der Waals surface area (Å²) in [5, 5.41) is 0. The quantitative estimate of drug-likeness (QED) is 0.634. The molecule has 0 aliphatic heterocycles. The van der Waals surface area contributed by atoms with Crippen LogP contribution in [0.2, 0.25) is 0 Å². The van der Waals surface area contributed by atoms with E-state index in [4.69, 9.17) is 15.2 Å². The molecule has 0 aliphatic rings. The van der Waals surface area contributed by atoms with Gasteiger partial charge in [-0.2, -0.15) is 0 Å². The van der Waals surface area contributed by atoms with E-state index < -0.39 is 0 Å². The molecule has 0 fully saturated rings. The lowest BCUT2D eigenvalue weighted by Crippen LogP contribution is -2.33. The van der Waals surface area contributed by atoms with Crippen molar-refractivity contribution in [3.63, 3.8) is 0 Å². The van der Waals surface area contributed by atoms with Crippen molar-refractivity contribution in [2.75, 3.05) is 33.4 Å².